The second-order valence-electron chi connectivity index (χ2n) is 3.95. The molecule has 76 valence electrons. The van der Waals surface area contributed by atoms with Gasteiger partial charge < -0.3 is 5.73 Å². The summed E-state index contributed by atoms with van der Waals surface area (Å²) in [6.07, 6.45) is 3.93. The van der Waals surface area contributed by atoms with Gasteiger partial charge in [0.1, 0.15) is 0 Å². The summed E-state index contributed by atoms with van der Waals surface area (Å²) >= 11 is 0. The molecule has 0 saturated heterocycles. The molecule has 3 rings (SSSR count). The molecule has 2 N–H and O–H groups in total. The molecular weight excluding hydrogens is 190 g/mol. The first-order chi connectivity index (χ1) is 7.31. The predicted octanol–water partition coefficient (Wildman–Crippen LogP) is 1.08. The van der Waals surface area contributed by atoms with Gasteiger partial charge in [-0.3, -0.25) is 4.52 Å². The molecule has 1 fully saturated rings. The molecule has 1 heterocycles. The fourth-order valence-electron chi connectivity index (χ4n) is 1.98. The summed E-state index contributed by atoms with van der Waals surface area (Å²) in [6, 6.07) is 10.3. The summed E-state index contributed by atoms with van der Waals surface area (Å²) in [5, 5.41) is 3.94. The standard InChI is InChI=1S/C11H12N3O/c12-10-8-14(13-15-10)11(6-7-11)9-4-2-1-3-5-9/h1-5,8H,6-7,12H2/q+1. The van der Waals surface area contributed by atoms with E-state index in [-0.39, 0.29) is 5.54 Å². The molecule has 1 aliphatic carbocycles. The monoisotopic (exact) mass is 202 g/mol. The van der Waals surface area contributed by atoms with Gasteiger partial charge in [-0.25, -0.2) is 0 Å². The largest absolute Gasteiger partial charge is 0.362 e. The van der Waals surface area contributed by atoms with Crippen LogP contribution in [-0.4, -0.2) is 5.27 Å². The number of nitrogens with zero attached hydrogens (tertiary/aromatic N) is 2. The number of benzene rings is 1. The molecule has 1 aromatic carbocycles. The van der Waals surface area contributed by atoms with Crippen LogP contribution in [0, 0.1) is 0 Å². The molecular formula is C11H12N3O+. The van der Waals surface area contributed by atoms with Crippen molar-refractivity contribution in [3.63, 3.8) is 0 Å². The van der Waals surface area contributed by atoms with Crippen molar-refractivity contribution < 1.29 is 9.20 Å². The Balaban J connectivity index is 2.05. The van der Waals surface area contributed by atoms with Gasteiger partial charge in [0.2, 0.25) is 10.8 Å². The normalized spacial score (nSPS) is 17.6. The van der Waals surface area contributed by atoms with Gasteiger partial charge in [-0.05, 0) is 4.68 Å². The van der Waals surface area contributed by atoms with Gasteiger partial charge in [0.05, 0.1) is 0 Å². The van der Waals surface area contributed by atoms with Gasteiger partial charge in [-0.15, -0.1) is 0 Å². The summed E-state index contributed by atoms with van der Waals surface area (Å²) in [6.45, 7) is 0. The average molecular weight is 202 g/mol. The Labute approximate surface area is 87.3 Å². The molecule has 15 heavy (non-hydrogen) atoms. The third-order valence-corrected chi connectivity index (χ3v) is 2.96. The minimum atomic E-state index is -0.0115. The molecule has 0 atom stereocenters. The second kappa shape index (κ2) is 2.82. The zero-order chi connectivity index (χ0) is 10.3. The Morgan fingerprint density at radius 3 is 2.53 bits per heavy atom. The van der Waals surface area contributed by atoms with Crippen LogP contribution in [0.25, 0.3) is 0 Å². The van der Waals surface area contributed by atoms with Crippen LogP contribution in [0.15, 0.2) is 41.1 Å². The van der Waals surface area contributed by atoms with Crippen LogP contribution in [0.2, 0.25) is 0 Å². The van der Waals surface area contributed by atoms with E-state index in [0.717, 1.165) is 12.8 Å². The Morgan fingerprint density at radius 2 is 2.00 bits per heavy atom. The molecule has 0 bridgehead atoms. The van der Waals surface area contributed by atoms with Gasteiger partial charge in [-0.1, -0.05) is 30.3 Å². The molecule has 4 heteroatoms. The second-order valence-corrected chi connectivity index (χ2v) is 3.95. The lowest BCUT2D eigenvalue weighted by Gasteiger charge is -2.04. The Bertz CT molecular complexity index is 474. The number of nitrogen functional groups attached to an aromatic ring is 1. The number of nitrogens with two attached hydrogens (primary N) is 1. The highest BCUT2D eigenvalue weighted by Crippen LogP contribution is 2.44. The Morgan fingerprint density at radius 1 is 1.27 bits per heavy atom. The van der Waals surface area contributed by atoms with Crippen LogP contribution in [0.4, 0.5) is 5.88 Å². The van der Waals surface area contributed by atoms with Gasteiger partial charge in [0.15, 0.2) is 0 Å². The van der Waals surface area contributed by atoms with Crippen LogP contribution in [0.1, 0.15) is 18.4 Å². The lowest BCUT2D eigenvalue weighted by atomic mass is 10.1. The molecule has 1 saturated carbocycles. The zero-order valence-electron chi connectivity index (χ0n) is 8.26. The molecule has 0 unspecified atom stereocenters. The number of hydrogen-bond donors (Lipinski definition) is 1. The molecule has 2 aromatic rings. The van der Waals surface area contributed by atoms with Crippen molar-refractivity contribution >= 4 is 5.88 Å². The van der Waals surface area contributed by atoms with E-state index in [9.17, 15) is 0 Å². The van der Waals surface area contributed by atoms with Crippen LogP contribution in [0.5, 0.6) is 0 Å². The van der Waals surface area contributed by atoms with Gasteiger partial charge in [0.25, 0.3) is 12.1 Å². The van der Waals surface area contributed by atoms with E-state index in [0.29, 0.717) is 5.88 Å². The number of anilines is 1. The summed E-state index contributed by atoms with van der Waals surface area (Å²) in [7, 11) is 0. The van der Waals surface area contributed by atoms with Crippen molar-refractivity contribution in [3.05, 3.63) is 42.1 Å². The van der Waals surface area contributed by atoms with Crippen LogP contribution in [-0.2, 0) is 5.54 Å². The van der Waals surface area contributed by atoms with Crippen molar-refractivity contribution in [2.24, 2.45) is 0 Å². The van der Waals surface area contributed by atoms with Gasteiger partial charge >= 0.3 is 0 Å². The van der Waals surface area contributed by atoms with E-state index >= 15 is 0 Å². The lowest BCUT2D eigenvalue weighted by molar-refractivity contribution is -0.791. The fraction of sp³-hybridized carbons (Fsp3) is 0.273. The van der Waals surface area contributed by atoms with Crippen LogP contribution >= 0.6 is 0 Å². The third-order valence-electron chi connectivity index (χ3n) is 2.96. The number of hydrogen-bond acceptors (Lipinski definition) is 3. The van der Waals surface area contributed by atoms with Crippen molar-refractivity contribution in [1.29, 1.82) is 0 Å². The van der Waals surface area contributed by atoms with E-state index in [1.165, 1.54) is 5.56 Å². The maximum absolute atomic E-state index is 5.53. The lowest BCUT2D eigenvalue weighted by Crippen LogP contribution is -2.48. The Hall–Kier alpha value is -1.84. The van der Waals surface area contributed by atoms with E-state index in [1.807, 2.05) is 22.9 Å². The van der Waals surface area contributed by atoms with Gasteiger partial charge in [-0.2, -0.15) is 0 Å². The Kier molecular flexibility index (Phi) is 1.59. The first kappa shape index (κ1) is 8.47. The first-order valence-corrected chi connectivity index (χ1v) is 5.01. The highest BCUT2D eigenvalue weighted by atomic mass is 16.5. The predicted molar refractivity (Wildman–Crippen MR) is 53.9 cm³/mol. The molecule has 4 nitrogen and oxygen atoms in total. The van der Waals surface area contributed by atoms with Crippen molar-refractivity contribution in [2.45, 2.75) is 18.4 Å². The maximum atomic E-state index is 5.53. The van der Waals surface area contributed by atoms with Crippen molar-refractivity contribution in [1.82, 2.24) is 5.27 Å². The molecule has 0 spiro atoms. The van der Waals surface area contributed by atoms with Gasteiger partial charge in [0, 0.05) is 18.4 Å². The van der Waals surface area contributed by atoms with E-state index in [4.69, 9.17) is 10.3 Å². The van der Waals surface area contributed by atoms with Crippen LogP contribution < -0.4 is 10.4 Å². The highest BCUT2D eigenvalue weighted by Gasteiger charge is 2.57. The summed E-state index contributed by atoms with van der Waals surface area (Å²) in [5.74, 6) is 0.359. The summed E-state index contributed by atoms with van der Waals surface area (Å²) < 4.78 is 6.73. The minimum absolute atomic E-state index is 0.0115. The zero-order valence-corrected chi connectivity index (χ0v) is 8.26. The first-order valence-electron chi connectivity index (χ1n) is 5.01. The topological polar surface area (TPSA) is 55.9 Å². The van der Waals surface area contributed by atoms with Crippen LogP contribution in [0.3, 0.4) is 0 Å². The molecule has 1 aromatic heterocycles. The third kappa shape index (κ3) is 1.21. The highest BCUT2D eigenvalue weighted by molar-refractivity contribution is 5.27. The van der Waals surface area contributed by atoms with E-state index in [2.05, 4.69) is 17.4 Å². The smallest absolute Gasteiger partial charge is 0.293 e. The average Bonchev–Trinajstić information content (AvgIpc) is 2.98. The molecule has 0 amide bonds. The number of aromatic nitrogens is 2. The molecule has 1 aliphatic rings. The van der Waals surface area contributed by atoms with E-state index in [1.54, 1.807) is 6.20 Å². The SMILES string of the molecule is Nc1c[n+](C2(c3ccccc3)CC2)no1. The fourth-order valence-corrected chi connectivity index (χ4v) is 1.98. The number of rotatable bonds is 2. The maximum Gasteiger partial charge on any atom is 0.293 e. The van der Waals surface area contributed by atoms with Crippen molar-refractivity contribution in [2.75, 3.05) is 5.73 Å². The molecule has 0 radical (unpaired) electrons. The summed E-state index contributed by atoms with van der Waals surface area (Å²) in [4.78, 5) is 0. The van der Waals surface area contributed by atoms with E-state index < -0.39 is 0 Å². The van der Waals surface area contributed by atoms with Crippen molar-refractivity contribution in [3.8, 4) is 0 Å². The summed E-state index contributed by atoms with van der Waals surface area (Å²) in [5.41, 5.74) is 6.79. The quantitative estimate of drug-likeness (QED) is 0.741. The molecule has 0 aliphatic heterocycles. The minimum Gasteiger partial charge on any atom is -0.362 e.